The number of carbonyl (C=O) groups is 1. The molecule has 0 bridgehead atoms. The van der Waals surface area contributed by atoms with Gasteiger partial charge in [-0.25, -0.2) is 4.98 Å². The van der Waals surface area contributed by atoms with E-state index < -0.39 is 0 Å². The molecule has 1 heterocycles. The highest BCUT2D eigenvalue weighted by molar-refractivity contribution is 7.22. The van der Waals surface area contributed by atoms with Gasteiger partial charge in [0.15, 0.2) is 19.1 Å². The van der Waals surface area contributed by atoms with E-state index in [4.69, 9.17) is 14.2 Å². The average molecular weight is 641 g/mol. The predicted octanol–water partition coefficient (Wildman–Crippen LogP) is -0.938. The summed E-state index contributed by atoms with van der Waals surface area (Å²) in [5.41, 5.74) is 1.42. The summed E-state index contributed by atoms with van der Waals surface area (Å²) in [5, 5.41) is 3.46. The van der Waals surface area contributed by atoms with E-state index in [0.717, 1.165) is 16.0 Å². The molecular weight excluding hydrogens is 619 g/mol. The van der Waals surface area contributed by atoms with Crippen LogP contribution in [0.25, 0.3) is 10.2 Å². The Bertz CT molecular complexity index is 1200. The number of carbonyl (C=O) groups excluding carboxylic acids is 1. The number of nitrogens with zero attached hydrogens (tertiary/aromatic N) is 1. The normalized spacial score (nSPS) is 10.5. The second kappa shape index (κ2) is 12.3. The molecule has 0 aliphatic carbocycles. The lowest BCUT2D eigenvalue weighted by molar-refractivity contribution is -0.597. The lowest BCUT2D eigenvalue weighted by atomic mass is 10.2. The summed E-state index contributed by atoms with van der Waals surface area (Å²) in [6.45, 7) is 2.73. The summed E-state index contributed by atoms with van der Waals surface area (Å²) in [4.78, 5) is 17.2. The average Bonchev–Trinajstić information content (AvgIpc) is 3.21. The number of anilines is 1. The standard InChI is InChI=1S/C24H21IN2O4S.BrH/c1-3-30-15-31-20-12-13-21-22(14-20)32-24(26-21)27-23(28)16-4-6-17(7-5-16)25-18-8-10-19(29-2)11-9-18;/h4-14H,3,15H2,1-2H3;1H. The molecule has 172 valence electrons. The highest BCUT2D eigenvalue weighted by Gasteiger charge is 2.17. The summed E-state index contributed by atoms with van der Waals surface area (Å²) >= 11 is 1.10. The van der Waals surface area contributed by atoms with Gasteiger partial charge in [0.2, 0.25) is 0 Å². The third kappa shape index (κ3) is 6.89. The first-order valence-electron chi connectivity index (χ1n) is 9.96. The molecule has 0 aliphatic rings. The molecule has 0 saturated heterocycles. The maximum absolute atomic E-state index is 12.7. The van der Waals surface area contributed by atoms with Crippen molar-refractivity contribution in [3.05, 3.63) is 79.4 Å². The molecule has 0 unspecified atom stereocenters. The second-order valence-corrected chi connectivity index (χ2v) is 10.7. The number of thiazole rings is 1. The van der Waals surface area contributed by atoms with E-state index in [2.05, 4.69) is 22.4 Å². The van der Waals surface area contributed by atoms with Crippen molar-refractivity contribution in [3.8, 4) is 11.5 Å². The Morgan fingerprint density at radius 3 is 2.33 bits per heavy atom. The van der Waals surface area contributed by atoms with Gasteiger partial charge in [-0.2, -0.15) is 0 Å². The Morgan fingerprint density at radius 2 is 1.67 bits per heavy atom. The summed E-state index contributed by atoms with van der Waals surface area (Å²) in [6, 6.07) is 21.5. The zero-order valence-electron chi connectivity index (χ0n) is 18.0. The minimum Gasteiger partial charge on any atom is -1.00 e. The molecule has 0 spiro atoms. The van der Waals surface area contributed by atoms with E-state index in [1.54, 1.807) is 7.11 Å². The van der Waals surface area contributed by atoms with Crippen molar-refractivity contribution in [2.45, 2.75) is 6.92 Å². The fourth-order valence-corrected chi connectivity index (χ4v) is 5.88. The predicted molar refractivity (Wildman–Crippen MR) is 122 cm³/mol. The van der Waals surface area contributed by atoms with E-state index in [9.17, 15) is 4.79 Å². The Kier molecular flexibility index (Phi) is 9.48. The van der Waals surface area contributed by atoms with Crippen molar-refractivity contribution in [3.63, 3.8) is 0 Å². The second-order valence-electron chi connectivity index (χ2n) is 6.62. The van der Waals surface area contributed by atoms with Crippen LogP contribution in [0.15, 0.2) is 66.7 Å². The van der Waals surface area contributed by atoms with Gasteiger partial charge in [-0.15, -0.1) is 0 Å². The van der Waals surface area contributed by atoms with E-state index in [-0.39, 0.29) is 50.9 Å². The molecule has 0 saturated carbocycles. The number of fused-ring (bicyclic) bond motifs is 1. The molecule has 9 heteroatoms. The van der Waals surface area contributed by atoms with Gasteiger partial charge in [0.25, 0.3) is 5.91 Å². The highest BCUT2D eigenvalue weighted by atomic mass is 127. The Morgan fingerprint density at radius 1 is 1.00 bits per heavy atom. The maximum Gasteiger partial charge on any atom is 0.357 e. The van der Waals surface area contributed by atoms with Crippen LogP contribution in [0.1, 0.15) is 17.3 Å². The number of amides is 1. The van der Waals surface area contributed by atoms with Crippen molar-refractivity contribution in [2.75, 3.05) is 25.8 Å². The first-order valence-corrected chi connectivity index (χ1v) is 12.9. The zero-order valence-corrected chi connectivity index (χ0v) is 22.6. The number of ether oxygens (including phenoxy) is 3. The SMILES string of the molecule is CCOCOc1ccc2nc(NC(=O)c3ccc([I+]c4ccc(OC)cc4)cc3)sc2c1.[Br-]. The molecule has 0 fully saturated rings. The molecular formula is C24H22BrIN2O4S. The van der Waals surface area contributed by atoms with Crippen LogP contribution in [0, 0.1) is 7.14 Å². The minimum atomic E-state index is -0.313. The molecule has 3 aromatic carbocycles. The lowest BCUT2D eigenvalue weighted by Gasteiger charge is -2.04. The third-order valence-corrected chi connectivity index (χ3v) is 8.08. The minimum absolute atomic E-state index is 0. The topological polar surface area (TPSA) is 69.7 Å². The first kappa shape index (κ1) is 25.4. The number of methoxy groups -OCH3 is 1. The van der Waals surface area contributed by atoms with Crippen LogP contribution in [-0.2, 0) is 4.74 Å². The van der Waals surface area contributed by atoms with Gasteiger partial charge in [0.05, 0.1) is 17.3 Å². The van der Waals surface area contributed by atoms with Gasteiger partial charge in [0.1, 0.15) is 11.5 Å². The lowest BCUT2D eigenvalue weighted by Crippen LogP contribution is -3.61. The van der Waals surface area contributed by atoms with Crippen molar-refractivity contribution >= 4 is 32.6 Å². The van der Waals surface area contributed by atoms with Crippen molar-refractivity contribution in [1.82, 2.24) is 4.98 Å². The van der Waals surface area contributed by atoms with Crippen LogP contribution >= 0.6 is 11.3 Å². The molecule has 0 aliphatic heterocycles. The maximum atomic E-state index is 12.7. The number of nitrogens with one attached hydrogen (secondary N) is 1. The van der Waals surface area contributed by atoms with Gasteiger partial charge in [-0.3, -0.25) is 10.1 Å². The quantitative estimate of drug-likeness (QED) is 0.145. The van der Waals surface area contributed by atoms with Crippen LogP contribution in [0.4, 0.5) is 5.13 Å². The van der Waals surface area contributed by atoms with Gasteiger partial charge in [-0.05, 0) is 73.7 Å². The van der Waals surface area contributed by atoms with Crippen LogP contribution in [0.5, 0.6) is 11.5 Å². The van der Waals surface area contributed by atoms with Crippen LogP contribution in [-0.4, -0.2) is 31.4 Å². The van der Waals surface area contributed by atoms with E-state index in [1.807, 2.05) is 61.5 Å². The molecule has 4 rings (SSSR count). The fraction of sp³-hybridized carbons (Fsp3) is 0.167. The molecule has 0 atom stereocenters. The largest absolute Gasteiger partial charge is 1.00 e. The summed E-state index contributed by atoms with van der Waals surface area (Å²) in [7, 11) is 1.66. The number of hydrogen-bond donors (Lipinski definition) is 1. The molecule has 1 aromatic heterocycles. The number of rotatable bonds is 9. The smallest absolute Gasteiger partial charge is 0.357 e. The summed E-state index contributed by atoms with van der Waals surface area (Å²) in [5.74, 6) is 1.39. The van der Waals surface area contributed by atoms with Crippen molar-refractivity contribution in [1.29, 1.82) is 0 Å². The first-order chi connectivity index (χ1) is 15.6. The van der Waals surface area contributed by atoms with Crippen LogP contribution in [0.2, 0.25) is 0 Å². The summed E-state index contributed by atoms with van der Waals surface area (Å²) in [6.07, 6.45) is 0. The third-order valence-electron chi connectivity index (χ3n) is 4.47. The fourth-order valence-electron chi connectivity index (χ4n) is 2.83. The van der Waals surface area contributed by atoms with E-state index >= 15 is 0 Å². The summed E-state index contributed by atoms with van der Waals surface area (Å²) < 4.78 is 19.4. The molecule has 1 N–H and O–H groups in total. The Balaban J connectivity index is 0.00000306. The molecule has 0 radical (unpaired) electrons. The van der Waals surface area contributed by atoms with Crippen LogP contribution < -0.4 is 53.0 Å². The number of aromatic nitrogens is 1. The van der Waals surface area contributed by atoms with E-state index in [0.29, 0.717) is 23.1 Å². The van der Waals surface area contributed by atoms with Crippen LogP contribution in [0.3, 0.4) is 0 Å². The van der Waals surface area contributed by atoms with Gasteiger partial charge in [-0.1, -0.05) is 11.3 Å². The van der Waals surface area contributed by atoms with Gasteiger partial charge >= 0.3 is 21.2 Å². The van der Waals surface area contributed by atoms with Crippen molar-refractivity contribution < 1.29 is 57.2 Å². The zero-order chi connectivity index (χ0) is 22.3. The molecule has 33 heavy (non-hydrogen) atoms. The molecule has 1 amide bonds. The number of benzene rings is 3. The molecule has 6 nitrogen and oxygen atoms in total. The number of halogens is 2. The monoisotopic (exact) mass is 640 g/mol. The van der Waals surface area contributed by atoms with Crippen molar-refractivity contribution in [2.24, 2.45) is 0 Å². The van der Waals surface area contributed by atoms with E-state index in [1.165, 1.54) is 18.5 Å². The highest BCUT2D eigenvalue weighted by Crippen LogP contribution is 2.29. The van der Waals surface area contributed by atoms with Gasteiger partial charge in [0, 0.05) is 12.2 Å². The number of hydrogen-bond acceptors (Lipinski definition) is 6. The van der Waals surface area contributed by atoms with Gasteiger partial charge < -0.3 is 31.2 Å². The Labute approximate surface area is 217 Å². The molecule has 4 aromatic rings. The Hall–Kier alpha value is -2.21.